The van der Waals surface area contributed by atoms with Crippen LogP contribution in [0.3, 0.4) is 0 Å². The summed E-state index contributed by atoms with van der Waals surface area (Å²) in [5.74, 6) is -0.934. The Hall–Kier alpha value is -4.82. The van der Waals surface area contributed by atoms with Gasteiger partial charge in [0.05, 0.1) is 17.8 Å². The first kappa shape index (κ1) is 29.7. The molecule has 43 heavy (non-hydrogen) atoms. The van der Waals surface area contributed by atoms with E-state index in [0.29, 0.717) is 21.8 Å². The summed E-state index contributed by atoms with van der Waals surface area (Å²) in [4.78, 5) is 30.3. The summed E-state index contributed by atoms with van der Waals surface area (Å²) >= 11 is 5.92. The molecule has 0 aliphatic rings. The molecule has 2 heterocycles. The van der Waals surface area contributed by atoms with Gasteiger partial charge in [0, 0.05) is 17.1 Å². The summed E-state index contributed by atoms with van der Waals surface area (Å²) in [6.45, 7) is -1.33. The van der Waals surface area contributed by atoms with Gasteiger partial charge in [0.1, 0.15) is 18.7 Å². The van der Waals surface area contributed by atoms with E-state index in [0.717, 1.165) is 9.25 Å². The molecular formula is C28H22ClF4N7O3. The fraction of sp³-hybridized carbons (Fsp3) is 0.179. The summed E-state index contributed by atoms with van der Waals surface area (Å²) < 4.78 is 55.8. The minimum atomic E-state index is -4.96. The van der Waals surface area contributed by atoms with Crippen LogP contribution in [0, 0.1) is 5.82 Å². The number of nitrogens with one attached hydrogen (secondary N) is 1. The monoisotopic (exact) mass is 615 g/mol. The maximum Gasteiger partial charge on any atom is 0.416 e. The SMILES string of the molecule is O=C(NCc1cccc(F)c1)c1ccccc1-n1cnc(Cn2nc(-c3ccc(Cl)cc3)n(C[C@H](O)C(F)(F)F)c2=O)n1. The van der Waals surface area contributed by atoms with Crippen molar-refractivity contribution in [1.29, 1.82) is 0 Å². The van der Waals surface area contributed by atoms with Crippen LogP contribution in [0.1, 0.15) is 21.7 Å². The topological polar surface area (TPSA) is 120 Å². The van der Waals surface area contributed by atoms with Crippen LogP contribution in [0.4, 0.5) is 17.6 Å². The molecule has 0 spiro atoms. The van der Waals surface area contributed by atoms with Crippen LogP contribution in [-0.2, 0) is 19.6 Å². The van der Waals surface area contributed by atoms with Crippen LogP contribution in [-0.4, -0.2) is 52.4 Å². The fourth-order valence-electron chi connectivity index (χ4n) is 4.21. The molecule has 2 aromatic heterocycles. The molecule has 1 amide bonds. The Labute approximate surface area is 245 Å². The molecule has 222 valence electrons. The van der Waals surface area contributed by atoms with E-state index in [1.54, 1.807) is 30.3 Å². The molecule has 2 N–H and O–H groups in total. The van der Waals surface area contributed by atoms with Crippen LogP contribution in [0.5, 0.6) is 0 Å². The average molecular weight is 616 g/mol. The Balaban J connectivity index is 1.40. The number of hydrogen-bond donors (Lipinski definition) is 2. The number of aliphatic hydroxyl groups excluding tert-OH is 1. The van der Waals surface area contributed by atoms with Gasteiger partial charge in [0.15, 0.2) is 17.8 Å². The van der Waals surface area contributed by atoms with Gasteiger partial charge < -0.3 is 10.4 Å². The third kappa shape index (κ3) is 6.81. The molecule has 0 saturated carbocycles. The van der Waals surface area contributed by atoms with Gasteiger partial charge in [-0.05, 0) is 54.1 Å². The molecule has 0 saturated heterocycles. The number of halogens is 5. The van der Waals surface area contributed by atoms with Crippen LogP contribution >= 0.6 is 11.6 Å². The van der Waals surface area contributed by atoms with Crippen molar-refractivity contribution in [3.05, 3.63) is 117 Å². The van der Waals surface area contributed by atoms with Gasteiger partial charge in [0.25, 0.3) is 5.91 Å². The zero-order valence-electron chi connectivity index (χ0n) is 22.0. The summed E-state index contributed by atoms with van der Waals surface area (Å²) in [7, 11) is 0. The quantitative estimate of drug-likeness (QED) is 0.242. The fourth-order valence-corrected chi connectivity index (χ4v) is 4.33. The van der Waals surface area contributed by atoms with E-state index >= 15 is 0 Å². The lowest BCUT2D eigenvalue weighted by atomic mass is 10.1. The summed E-state index contributed by atoms with van der Waals surface area (Å²) in [6.07, 6.45) is -6.46. The molecule has 0 aliphatic heterocycles. The molecule has 15 heteroatoms. The minimum Gasteiger partial charge on any atom is -0.382 e. The molecular weight excluding hydrogens is 594 g/mol. The predicted molar refractivity (Wildman–Crippen MR) is 147 cm³/mol. The lowest BCUT2D eigenvalue weighted by molar-refractivity contribution is -0.207. The molecule has 0 bridgehead atoms. The normalized spacial score (nSPS) is 12.3. The van der Waals surface area contributed by atoms with E-state index in [1.807, 2.05) is 0 Å². The average Bonchev–Trinajstić information content (AvgIpc) is 3.56. The molecule has 3 aromatic carbocycles. The Kier molecular flexibility index (Phi) is 8.41. The number of benzene rings is 3. The largest absolute Gasteiger partial charge is 0.416 e. The highest BCUT2D eigenvalue weighted by atomic mass is 35.5. The molecule has 10 nitrogen and oxygen atoms in total. The van der Waals surface area contributed by atoms with Crippen molar-refractivity contribution < 1.29 is 27.5 Å². The number of carbonyl (C=O) groups is 1. The van der Waals surface area contributed by atoms with Gasteiger partial charge in [-0.15, -0.1) is 10.2 Å². The van der Waals surface area contributed by atoms with Crippen molar-refractivity contribution in [1.82, 2.24) is 34.4 Å². The molecule has 5 rings (SSSR count). The second-order valence-electron chi connectivity index (χ2n) is 9.37. The van der Waals surface area contributed by atoms with Crippen molar-refractivity contribution >= 4 is 17.5 Å². The number of rotatable bonds is 9. The molecule has 0 fully saturated rings. The zero-order chi connectivity index (χ0) is 30.7. The zero-order valence-corrected chi connectivity index (χ0v) is 22.8. The number of para-hydroxylation sites is 1. The molecule has 0 radical (unpaired) electrons. The second-order valence-corrected chi connectivity index (χ2v) is 9.81. The van der Waals surface area contributed by atoms with Crippen molar-refractivity contribution in [2.75, 3.05) is 0 Å². The van der Waals surface area contributed by atoms with Gasteiger partial charge >= 0.3 is 11.9 Å². The smallest absolute Gasteiger partial charge is 0.382 e. The number of aliphatic hydroxyl groups is 1. The molecule has 0 aliphatic carbocycles. The van der Waals surface area contributed by atoms with Crippen molar-refractivity contribution in [3.63, 3.8) is 0 Å². The highest BCUT2D eigenvalue weighted by molar-refractivity contribution is 6.30. The Morgan fingerprint density at radius 2 is 1.77 bits per heavy atom. The van der Waals surface area contributed by atoms with Crippen LogP contribution < -0.4 is 11.0 Å². The standard InChI is InChI=1S/C28H22ClF4N7O3/c29-19-10-8-18(9-11-19)25-37-39(27(43)38(25)14-23(41)28(31,32)33)15-24-35-16-40(36-24)22-7-2-1-6-21(22)26(42)34-13-17-4-3-5-20(30)12-17/h1-12,16,23,41H,13-15H2,(H,34,42)/t23-/m0/s1. The molecule has 1 atom stereocenters. The van der Waals surface area contributed by atoms with E-state index in [9.17, 15) is 32.3 Å². The van der Waals surface area contributed by atoms with Crippen LogP contribution in [0.25, 0.3) is 17.1 Å². The van der Waals surface area contributed by atoms with Gasteiger partial charge in [-0.1, -0.05) is 35.9 Å². The number of alkyl halides is 3. The van der Waals surface area contributed by atoms with Crippen molar-refractivity contribution in [3.8, 4) is 17.1 Å². The highest BCUT2D eigenvalue weighted by Crippen LogP contribution is 2.24. The van der Waals surface area contributed by atoms with Gasteiger partial charge in [-0.3, -0.25) is 9.36 Å². The second kappa shape index (κ2) is 12.2. The first-order chi connectivity index (χ1) is 20.5. The number of nitrogens with zero attached hydrogens (tertiary/aromatic N) is 6. The maximum atomic E-state index is 13.5. The van der Waals surface area contributed by atoms with Crippen LogP contribution in [0.15, 0.2) is 83.9 Å². The first-order valence-electron chi connectivity index (χ1n) is 12.7. The Morgan fingerprint density at radius 1 is 1.02 bits per heavy atom. The summed E-state index contributed by atoms with van der Waals surface area (Å²) in [5.41, 5.74) is 0.529. The Bertz CT molecular complexity index is 1820. The number of hydrogen-bond acceptors (Lipinski definition) is 6. The first-order valence-corrected chi connectivity index (χ1v) is 13.1. The number of carbonyl (C=O) groups excluding carboxylic acids is 1. The molecule has 5 aromatic rings. The Morgan fingerprint density at radius 3 is 2.49 bits per heavy atom. The summed E-state index contributed by atoms with van der Waals surface area (Å²) in [6, 6.07) is 18.3. The number of amides is 1. The predicted octanol–water partition coefficient (Wildman–Crippen LogP) is 3.99. The van der Waals surface area contributed by atoms with E-state index < -0.39 is 36.2 Å². The lowest BCUT2D eigenvalue weighted by Gasteiger charge is -2.15. The lowest BCUT2D eigenvalue weighted by Crippen LogP contribution is -2.37. The van der Waals surface area contributed by atoms with Gasteiger partial charge in [0.2, 0.25) is 0 Å². The summed E-state index contributed by atoms with van der Waals surface area (Å²) in [5, 5.41) is 21.3. The van der Waals surface area contributed by atoms with Gasteiger partial charge in [-0.2, -0.15) is 13.2 Å². The number of aromatic nitrogens is 6. The third-order valence-corrected chi connectivity index (χ3v) is 6.58. The van der Waals surface area contributed by atoms with E-state index in [1.165, 1.54) is 53.5 Å². The van der Waals surface area contributed by atoms with Crippen molar-refractivity contribution in [2.24, 2.45) is 0 Å². The van der Waals surface area contributed by atoms with Gasteiger partial charge in [-0.25, -0.2) is 23.5 Å². The van der Waals surface area contributed by atoms with E-state index in [4.69, 9.17) is 11.6 Å². The maximum absolute atomic E-state index is 13.5. The molecule has 0 unspecified atom stereocenters. The van der Waals surface area contributed by atoms with Crippen LogP contribution in [0.2, 0.25) is 5.02 Å². The highest BCUT2D eigenvalue weighted by Gasteiger charge is 2.39. The minimum absolute atomic E-state index is 0.0701. The van der Waals surface area contributed by atoms with E-state index in [-0.39, 0.29) is 30.3 Å². The third-order valence-electron chi connectivity index (χ3n) is 6.33. The van der Waals surface area contributed by atoms with E-state index in [2.05, 4.69) is 20.5 Å². The van der Waals surface area contributed by atoms with Crippen molar-refractivity contribution in [2.45, 2.75) is 31.9 Å².